The second-order valence-corrected chi connectivity index (χ2v) is 6.81. The number of carbonyl (C=O) groups is 2. The van der Waals surface area contributed by atoms with Crippen molar-refractivity contribution in [1.82, 2.24) is 0 Å². The summed E-state index contributed by atoms with van der Waals surface area (Å²) in [4.78, 5) is 24.0. The van der Waals surface area contributed by atoms with Crippen molar-refractivity contribution >= 4 is 18.0 Å². The molecule has 3 aromatic carbocycles. The van der Waals surface area contributed by atoms with Crippen LogP contribution in [0.1, 0.15) is 12.5 Å². The third kappa shape index (κ3) is 5.83. The lowest BCUT2D eigenvalue weighted by Crippen LogP contribution is -2.28. The Morgan fingerprint density at radius 3 is 2.25 bits per heavy atom. The van der Waals surface area contributed by atoms with Crippen LogP contribution in [0.25, 0.3) is 17.2 Å². The minimum Gasteiger partial charge on any atom is -0.479 e. The van der Waals surface area contributed by atoms with E-state index in [0.29, 0.717) is 11.3 Å². The average Bonchev–Trinajstić information content (AvgIpc) is 2.83. The summed E-state index contributed by atoms with van der Waals surface area (Å²) in [5, 5.41) is 9.08. The SMILES string of the molecule is COC(=O)/C(C#N)=C/c1cccc(OC(=O)C(C)Oc2ccc(-c3ccccc3)cc2)c1. The molecule has 32 heavy (non-hydrogen) atoms. The Morgan fingerprint density at radius 1 is 0.906 bits per heavy atom. The fourth-order valence-corrected chi connectivity index (χ4v) is 2.89. The molecule has 0 aliphatic carbocycles. The predicted molar refractivity (Wildman–Crippen MR) is 120 cm³/mol. The molecule has 0 aliphatic heterocycles. The molecular formula is C26H21NO5. The molecular weight excluding hydrogens is 406 g/mol. The molecule has 1 unspecified atom stereocenters. The van der Waals surface area contributed by atoms with Crippen LogP contribution in [-0.2, 0) is 14.3 Å². The summed E-state index contributed by atoms with van der Waals surface area (Å²) in [6.45, 7) is 1.60. The van der Waals surface area contributed by atoms with E-state index in [-0.39, 0.29) is 11.3 Å². The zero-order valence-electron chi connectivity index (χ0n) is 17.6. The predicted octanol–water partition coefficient (Wildman–Crippen LogP) is 4.81. The number of nitriles is 1. The molecule has 0 aromatic heterocycles. The fourth-order valence-electron chi connectivity index (χ4n) is 2.89. The number of methoxy groups -OCH3 is 1. The van der Waals surface area contributed by atoms with E-state index >= 15 is 0 Å². The summed E-state index contributed by atoms with van der Waals surface area (Å²) in [7, 11) is 1.20. The molecule has 0 heterocycles. The van der Waals surface area contributed by atoms with Crippen LogP contribution in [0.3, 0.4) is 0 Å². The van der Waals surface area contributed by atoms with Crippen molar-refractivity contribution in [3.05, 3.63) is 90.0 Å². The van der Waals surface area contributed by atoms with E-state index in [9.17, 15) is 9.59 Å². The van der Waals surface area contributed by atoms with Crippen LogP contribution in [0.15, 0.2) is 84.4 Å². The number of hydrogen-bond donors (Lipinski definition) is 0. The van der Waals surface area contributed by atoms with Crippen molar-refractivity contribution in [2.24, 2.45) is 0 Å². The molecule has 0 amide bonds. The van der Waals surface area contributed by atoms with E-state index < -0.39 is 18.0 Å². The monoisotopic (exact) mass is 427 g/mol. The third-order valence-electron chi connectivity index (χ3n) is 4.52. The Balaban J connectivity index is 1.64. The maximum atomic E-state index is 12.5. The summed E-state index contributed by atoms with van der Waals surface area (Å²) in [5.74, 6) is -0.509. The van der Waals surface area contributed by atoms with Gasteiger partial charge < -0.3 is 14.2 Å². The number of benzene rings is 3. The maximum Gasteiger partial charge on any atom is 0.352 e. The molecule has 0 saturated carbocycles. The minimum absolute atomic E-state index is 0.161. The molecule has 160 valence electrons. The van der Waals surface area contributed by atoms with Gasteiger partial charge in [-0.15, -0.1) is 0 Å². The first-order valence-corrected chi connectivity index (χ1v) is 9.84. The van der Waals surface area contributed by atoms with Gasteiger partial charge >= 0.3 is 11.9 Å². The Morgan fingerprint density at radius 2 is 1.59 bits per heavy atom. The highest BCUT2D eigenvalue weighted by Crippen LogP contribution is 2.23. The number of nitrogens with zero attached hydrogens (tertiary/aromatic N) is 1. The average molecular weight is 427 g/mol. The molecule has 0 spiro atoms. The standard InChI is InChI=1S/C26H21NO5/c1-18(31-23-13-11-21(12-14-23)20-8-4-3-5-9-20)25(28)32-24-10-6-7-19(16-24)15-22(17-27)26(29)30-2/h3-16,18H,1-2H3/b22-15+. The second-order valence-electron chi connectivity index (χ2n) is 6.81. The highest BCUT2D eigenvalue weighted by atomic mass is 16.6. The first-order chi connectivity index (χ1) is 15.5. The van der Waals surface area contributed by atoms with Crippen LogP contribution in [0.4, 0.5) is 0 Å². The van der Waals surface area contributed by atoms with Gasteiger partial charge in [0.05, 0.1) is 7.11 Å². The Kier molecular flexibility index (Phi) is 7.39. The largest absolute Gasteiger partial charge is 0.479 e. The van der Waals surface area contributed by atoms with Gasteiger partial charge in [0.2, 0.25) is 0 Å². The van der Waals surface area contributed by atoms with Crippen molar-refractivity contribution in [3.8, 4) is 28.7 Å². The lowest BCUT2D eigenvalue weighted by molar-refractivity contribution is -0.141. The molecule has 0 radical (unpaired) electrons. The second kappa shape index (κ2) is 10.6. The summed E-state index contributed by atoms with van der Waals surface area (Å²) in [5.41, 5.74) is 2.49. The zero-order valence-corrected chi connectivity index (χ0v) is 17.6. The first-order valence-electron chi connectivity index (χ1n) is 9.84. The van der Waals surface area contributed by atoms with Crippen molar-refractivity contribution in [2.75, 3.05) is 7.11 Å². The van der Waals surface area contributed by atoms with Gasteiger partial charge in [0.25, 0.3) is 0 Å². The summed E-state index contributed by atoms with van der Waals surface area (Å²) < 4.78 is 15.7. The van der Waals surface area contributed by atoms with Crippen molar-refractivity contribution in [1.29, 1.82) is 5.26 Å². The zero-order chi connectivity index (χ0) is 22.9. The molecule has 3 rings (SSSR count). The molecule has 6 nitrogen and oxygen atoms in total. The van der Waals surface area contributed by atoms with Crippen LogP contribution in [0, 0.1) is 11.3 Å². The molecule has 0 bridgehead atoms. The Labute approximate surface area is 186 Å². The summed E-state index contributed by atoms with van der Waals surface area (Å²) in [6.07, 6.45) is 0.513. The van der Waals surface area contributed by atoms with Crippen LogP contribution < -0.4 is 9.47 Å². The lowest BCUT2D eigenvalue weighted by atomic mass is 10.1. The normalized spacial score (nSPS) is 11.7. The molecule has 3 aromatic rings. The van der Waals surface area contributed by atoms with Crippen LogP contribution in [0.5, 0.6) is 11.5 Å². The number of esters is 2. The first kappa shape index (κ1) is 22.3. The highest BCUT2D eigenvalue weighted by Gasteiger charge is 2.18. The van der Waals surface area contributed by atoms with Gasteiger partial charge in [0.1, 0.15) is 23.1 Å². The lowest BCUT2D eigenvalue weighted by Gasteiger charge is -2.14. The molecule has 6 heteroatoms. The van der Waals surface area contributed by atoms with Gasteiger partial charge in [-0.1, -0.05) is 54.6 Å². The van der Waals surface area contributed by atoms with Gasteiger partial charge in [-0.25, -0.2) is 9.59 Å². The van der Waals surface area contributed by atoms with Gasteiger partial charge in [0.15, 0.2) is 6.10 Å². The number of carbonyl (C=O) groups excluding carboxylic acids is 2. The van der Waals surface area contributed by atoms with E-state index in [4.69, 9.17) is 14.7 Å². The summed E-state index contributed by atoms with van der Waals surface area (Å²) in [6, 6.07) is 25.6. The van der Waals surface area contributed by atoms with E-state index in [2.05, 4.69) is 4.74 Å². The van der Waals surface area contributed by atoms with Crippen LogP contribution >= 0.6 is 0 Å². The van der Waals surface area contributed by atoms with E-state index in [1.54, 1.807) is 49.4 Å². The van der Waals surface area contributed by atoms with Crippen LogP contribution in [0.2, 0.25) is 0 Å². The Bertz CT molecular complexity index is 1160. The maximum absolute atomic E-state index is 12.5. The van der Waals surface area contributed by atoms with E-state index in [1.165, 1.54) is 13.2 Å². The van der Waals surface area contributed by atoms with Crippen molar-refractivity contribution < 1.29 is 23.8 Å². The third-order valence-corrected chi connectivity index (χ3v) is 4.52. The van der Waals surface area contributed by atoms with Crippen molar-refractivity contribution in [2.45, 2.75) is 13.0 Å². The molecule has 0 saturated heterocycles. The molecule has 0 N–H and O–H groups in total. The quantitative estimate of drug-likeness (QED) is 0.233. The van der Waals surface area contributed by atoms with Crippen molar-refractivity contribution in [3.63, 3.8) is 0 Å². The van der Waals surface area contributed by atoms with E-state index in [0.717, 1.165) is 11.1 Å². The smallest absolute Gasteiger partial charge is 0.352 e. The number of hydrogen-bond acceptors (Lipinski definition) is 6. The topological polar surface area (TPSA) is 85.6 Å². The summed E-state index contributed by atoms with van der Waals surface area (Å²) >= 11 is 0. The van der Waals surface area contributed by atoms with Gasteiger partial charge in [-0.2, -0.15) is 5.26 Å². The van der Waals surface area contributed by atoms with Crippen LogP contribution in [-0.4, -0.2) is 25.2 Å². The number of ether oxygens (including phenoxy) is 3. The Hall–Kier alpha value is -4.37. The molecule has 0 aliphatic rings. The van der Waals surface area contributed by atoms with Gasteiger partial charge in [-0.3, -0.25) is 0 Å². The van der Waals surface area contributed by atoms with E-state index in [1.807, 2.05) is 42.5 Å². The fraction of sp³-hybridized carbons (Fsp3) is 0.115. The number of rotatable bonds is 7. The molecule has 0 fully saturated rings. The van der Waals surface area contributed by atoms with Gasteiger partial charge in [0, 0.05) is 0 Å². The van der Waals surface area contributed by atoms with Gasteiger partial charge in [-0.05, 0) is 54.0 Å². The minimum atomic E-state index is -0.846. The highest BCUT2D eigenvalue weighted by molar-refractivity contribution is 5.97. The molecule has 1 atom stereocenters.